The van der Waals surface area contributed by atoms with Crippen LogP contribution in [0.1, 0.15) is 80.4 Å². The lowest BCUT2D eigenvalue weighted by atomic mass is 9.86. The van der Waals surface area contributed by atoms with Crippen molar-refractivity contribution in [2.75, 3.05) is 25.0 Å². The molecule has 1 saturated heterocycles. The summed E-state index contributed by atoms with van der Waals surface area (Å²) in [5.41, 5.74) is 2.43. The van der Waals surface area contributed by atoms with Crippen molar-refractivity contribution < 1.29 is 4.79 Å². The molecule has 0 atom stereocenters. The molecule has 168 valence electrons. The van der Waals surface area contributed by atoms with E-state index in [2.05, 4.69) is 49.3 Å². The number of para-hydroxylation sites is 1. The van der Waals surface area contributed by atoms with Crippen molar-refractivity contribution in [3.63, 3.8) is 0 Å². The zero-order chi connectivity index (χ0) is 22.4. The summed E-state index contributed by atoms with van der Waals surface area (Å²) >= 11 is 7.12. The zero-order valence-electron chi connectivity index (χ0n) is 19.0. The molecule has 0 aliphatic carbocycles. The fraction of sp³-hybridized carbons (Fsp3) is 0.542. The molecule has 2 N–H and O–H groups in total. The maximum Gasteiger partial charge on any atom is 0.275 e. The molecule has 1 aromatic heterocycles. The number of nitrogens with one attached hydrogen (secondary N) is 2. The van der Waals surface area contributed by atoms with Gasteiger partial charge >= 0.3 is 0 Å². The number of unbranched alkanes of at least 4 members (excludes halogenated alkanes) is 1. The predicted molar refractivity (Wildman–Crippen MR) is 134 cm³/mol. The first-order valence-corrected chi connectivity index (χ1v) is 12.5. The number of amides is 1. The number of hydrogen-bond donors (Lipinski definition) is 2. The minimum atomic E-state index is -0.141. The zero-order valence-corrected chi connectivity index (χ0v) is 20.7. The van der Waals surface area contributed by atoms with Crippen LogP contribution in [0.4, 0.5) is 5.69 Å². The quantitative estimate of drug-likeness (QED) is 0.439. The summed E-state index contributed by atoms with van der Waals surface area (Å²) in [5, 5.41) is 10.2. The molecule has 0 bridgehead atoms. The van der Waals surface area contributed by atoms with Crippen LogP contribution in [0.3, 0.4) is 0 Å². The van der Waals surface area contributed by atoms with Gasteiger partial charge in [-0.3, -0.25) is 4.79 Å². The molecule has 1 aliphatic rings. The Bertz CT molecular complexity index is 895. The van der Waals surface area contributed by atoms with Crippen LogP contribution in [-0.2, 0) is 5.41 Å². The number of carbonyl (C=O) groups is 1. The number of piperidine rings is 1. The van der Waals surface area contributed by atoms with Crippen molar-refractivity contribution in [3.05, 3.63) is 45.9 Å². The van der Waals surface area contributed by atoms with Crippen LogP contribution in [0.25, 0.3) is 0 Å². The average Bonchev–Trinajstić information content (AvgIpc) is 3.24. The van der Waals surface area contributed by atoms with E-state index in [4.69, 9.17) is 17.2 Å². The molecule has 5 nitrogen and oxygen atoms in total. The first-order valence-electron chi connectivity index (χ1n) is 11.2. The van der Waals surface area contributed by atoms with Gasteiger partial charge in [0.05, 0.1) is 5.01 Å². The number of likely N-dealkylation sites (tertiary alicyclic amines) is 1. The highest BCUT2D eigenvalue weighted by Gasteiger charge is 2.25. The second kappa shape index (κ2) is 10.6. The van der Waals surface area contributed by atoms with Crippen LogP contribution >= 0.6 is 23.6 Å². The Labute approximate surface area is 195 Å². The molecule has 0 spiro atoms. The van der Waals surface area contributed by atoms with Gasteiger partial charge in [0.2, 0.25) is 0 Å². The Kier molecular flexibility index (Phi) is 8.06. The highest BCUT2D eigenvalue weighted by Crippen LogP contribution is 2.32. The summed E-state index contributed by atoms with van der Waals surface area (Å²) < 4.78 is 0. The molecule has 0 radical (unpaired) electrons. The Morgan fingerprint density at radius 1 is 1.26 bits per heavy atom. The second-order valence-corrected chi connectivity index (χ2v) is 10.4. The highest BCUT2D eigenvalue weighted by molar-refractivity contribution is 7.80. The standard InChI is InChI=1S/C24H34N4OS2/c1-5-6-13-25-23(30)28-14-11-17(12-15-28)22-27-20(16-31-22)21(29)26-19-10-8-7-9-18(19)24(2,3)4/h7-10,16-17H,5-6,11-15H2,1-4H3,(H,25,30)(H,26,29). The third kappa shape index (κ3) is 6.26. The van der Waals surface area contributed by atoms with Crippen LogP contribution in [0.15, 0.2) is 29.6 Å². The molecule has 1 aromatic carbocycles. The number of aromatic nitrogens is 1. The molecule has 0 saturated carbocycles. The molecule has 2 heterocycles. The normalized spacial score (nSPS) is 15.0. The first-order chi connectivity index (χ1) is 14.8. The number of nitrogens with zero attached hydrogens (tertiary/aromatic N) is 2. The number of benzene rings is 1. The van der Waals surface area contributed by atoms with Crippen LogP contribution in [-0.4, -0.2) is 40.5 Å². The maximum atomic E-state index is 12.9. The van der Waals surface area contributed by atoms with Gasteiger partial charge in [0, 0.05) is 36.6 Å². The van der Waals surface area contributed by atoms with Crippen LogP contribution in [0.5, 0.6) is 0 Å². The molecule has 3 rings (SSSR count). The van der Waals surface area contributed by atoms with Gasteiger partial charge in [0.1, 0.15) is 5.69 Å². The van der Waals surface area contributed by atoms with E-state index in [1.165, 1.54) is 6.42 Å². The van der Waals surface area contributed by atoms with Gasteiger partial charge in [-0.2, -0.15) is 0 Å². The third-order valence-electron chi connectivity index (χ3n) is 5.68. The Balaban J connectivity index is 1.58. The second-order valence-electron chi connectivity index (χ2n) is 9.17. The molecule has 1 aliphatic heterocycles. The minimum absolute atomic E-state index is 0.0446. The number of anilines is 1. The van der Waals surface area contributed by atoms with Crippen molar-refractivity contribution in [1.29, 1.82) is 0 Å². The average molecular weight is 459 g/mol. The van der Waals surface area contributed by atoms with E-state index in [-0.39, 0.29) is 11.3 Å². The highest BCUT2D eigenvalue weighted by atomic mass is 32.1. The monoisotopic (exact) mass is 458 g/mol. The third-order valence-corrected chi connectivity index (χ3v) is 7.09. The Morgan fingerprint density at radius 2 is 1.97 bits per heavy atom. The maximum absolute atomic E-state index is 12.9. The van der Waals surface area contributed by atoms with Gasteiger partial charge in [0.15, 0.2) is 5.11 Å². The van der Waals surface area contributed by atoms with E-state index in [1.54, 1.807) is 11.3 Å². The Hall–Kier alpha value is -1.99. The van der Waals surface area contributed by atoms with Crippen molar-refractivity contribution in [2.45, 2.75) is 64.7 Å². The molecule has 31 heavy (non-hydrogen) atoms. The summed E-state index contributed by atoms with van der Waals surface area (Å²) in [6, 6.07) is 7.98. The summed E-state index contributed by atoms with van der Waals surface area (Å²) in [6.07, 6.45) is 4.33. The van der Waals surface area contributed by atoms with Gasteiger partial charge in [-0.1, -0.05) is 52.3 Å². The van der Waals surface area contributed by atoms with Crippen molar-refractivity contribution in [2.24, 2.45) is 0 Å². The fourth-order valence-corrected chi connectivity index (χ4v) is 5.08. The lowest BCUT2D eigenvalue weighted by Gasteiger charge is -2.33. The molecular formula is C24H34N4OS2. The van der Waals surface area contributed by atoms with Crippen LogP contribution in [0.2, 0.25) is 0 Å². The van der Waals surface area contributed by atoms with E-state index in [1.807, 2.05) is 23.6 Å². The van der Waals surface area contributed by atoms with E-state index in [0.717, 1.165) is 60.3 Å². The summed E-state index contributed by atoms with van der Waals surface area (Å²) in [4.78, 5) is 19.8. The van der Waals surface area contributed by atoms with Gasteiger partial charge < -0.3 is 15.5 Å². The predicted octanol–water partition coefficient (Wildman–Crippen LogP) is 5.55. The molecule has 7 heteroatoms. The topological polar surface area (TPSA) is 57.3 Å². The smallest absolute Gasteiger partial charge is 0.275 e. The molecule has 2 aromatic rings. The van der Waals surface area contributed by atoms with Crippen molar-refractivity contribution in [3.8, 4) is 0 Å². The van der Waals surface area contributed by atoms with Crippen molar-refractivity contribution in [1.82, 2.24) is 15.2 Å². The van der Waals surface area contributed by atoms with Gasteiger partial charge in [0.25, 0.3) is 5.91 Å². The number of thiazole rings is 1. The number of carbonyl (C=O) groups excluding carboxylic acids is 1. The number of hydrogen-bond acceptors (Lipinski definition) is 4. The van der Waals surface area contributed by atoms with Gasteiger partial charge in [-0.25, -0.2) is 4.98 Å². The first kappa shape index (κ1) is 23.7. The Morgan fingerprint density at radius 3 is 2.65 bits per heavy atom. The van der Waals surface area contributed by atoms with E-state index in [0.29, 0.717) is 11.6 Å². The molecule has 1 fully saturated rings. The molecule has 1 amide bonds. The number of thiocarbonyl (C=S) groups is 1. The van der Waals surface area contributed by atoms with Gasteiger partial charge in [-0.05, 0) is 48.5 Å². The summed E-state index contributed by atoms with van der Waals surface area (Å²) in [7, 11) is 0. The van der Waals surface area contributed by atoms with Gasteiger partial charge in [-0.15, -0.1) is 11.3 Å². The number of rotatable bonds is 6. The van der Waals surface area contributed by atoms with E-state index in [9.17, 15) is 4.79 Å². The summed E-state index contributed by atoms with van der Waals surface area (Å²) in [5.74, 6) is 0.251. The van der Waals surface area contributed by atoms with Crippen LogP contribution < -0.4 is 10.6 Å². The molecular weight excluding hydrogens is 424 g/mol. The largest absolute Gasteiger partial charge is 0.363 e. The minimum Gasteiger partial charge on any atom is -0.363 e. The summed E-state index contributed by atoms with van der Waals surface area (Å²) in [6.45, 7) is 11.4. The van der Waals surface area contributed by atoms with E-state index < -0.39 is 0 Å². The van der Waals surface area contributed by atoms with Crippen LogP contribution in [0, 0.1) is 0 Å². The van der Waals surface area contributed by atoms with E-state index >= 15 is 0 Å². The lowest BCUT2D eigenvalue weighted by molar-refractivity contribution is 0.102. The SMILES string of the molecule is CCCCNC(=S)N1CCC(c2nc(C(=O)Nc3ccccc3C(C)(C)C)cs2)CC1. The van der Waals surface area contributed by atoms with Crippen molar-refractivity contribution >= 4 is 40.3 Å². The lowest BCUT2D eigenvalue weighted by Crippen LogP contribution is -2.44. The molecule has 0 unspecified atom stereocenters. The fourth-order valence-electron chi connectivity index (χ4n) is 3.83.